The van der Waals surface area contributed by atoms with E-state index in [0.29, 0.717) is 0 Å². The van der Waals surface area contributed by atoms with Crippen LogP contribution >= 0.6 is 0 Å². The van der Waals surface area contributed by atoms with Gasteiger partial charge in [0.25, 0.3) is 0 Å². The first-order valence-corrected chi connectivity index (χ1v) is 7.99. The highest BCUT2D eigenvalue weighted by molar-refractivity contribution is 7.85. The van der Waals surface area contributed by atoms with Gasteiger partial charge in [-0.1, -0.05) is 44.4 Å². The summed E-state index contributed by atoms with van der Waals surface area (Å²) in [5.74, 6) is 0. The first-order valence-electron chi connectivity index (χ1n) is 6.78. The molecule has 1 aromatic carbocycles. The van der Waals surface area contributed by atoms with Crippen molar-refractivity contribution in [3.63, 3.8) is 0 Å². The summed E-state index contributed by atoms with van der Waals surface area (Å²) in [4.78, 5) is 0.887. The van der Waals surface area contributed by atoms with Gasteiger partial charge in [-0.15, -0.1) is 0 Å². The van der Waals surface area contributed by atoms with E-state index in [1.807, 2.05) is 31.2 Å². The summed E-state index contributed by atoms with van der Waals surface area (Å²) < 4.78 is 18.2. The van der Waals surface area contributed by atoms with Gasteiger partial charge >= 0.3 is 0 Å². The minimum absolute atomic E-state index is 0.100. The Morgan fingerprint density at radius 3 is 2.50 bits per heavy atom. The molecular weight excluding hydrogens is 244 g/mol. The van der Waals surface area contributed by atoms with E-state index in [1.54, 1.807) is 0 Å². The maximum absolute atomic E-state index is 12.4. The van der Waals surface area contributed by atoms with Gasteiger partial charge in [0.2, 0.25) is 0 Å². The van der Waals surface area contributed by atoms with Gasteiger partial charge < -0.3 is 4.74 Å². The Kier molecular flexibility index (Phi) is 4.23. The van der Waals surface area contributed by atoms with Gasteiger partial charge in [0.1, 0.15) is 5.60 Å². The highest BCUT2D eigenvalue weighted by Crippen LogP contribution is 2.47. The van der Waals surface area contributed by atoms with Gasteiger partial charge in [0.05, 0.1) is 10.8 Å². The Labute approximate surface area is 112 Å². The third-order valence-corrected chi connectivity index (χ3v) is 5.37. The zero-order valence-corrected chi connectivity index (χ0v) is 12.3. The van der Waals surface area contributed by atoms with Crippen LogP contribution in [0.5, 0.6) is 0 Å². The molecule has 0 aliphatic carbocycles. The quantitative estimate of drug-likeness (QED) is 0.733. The SMILES string of the molecule is CCCC[C@]1(CC)O[C@@H]1[S@@](=O)c1ccc(C)cc1. The van der Waals surface area contributed by atoms with Gasteiger partial charge in [0, 0.05) is 4.90 Å². The fourth-order valence-electron chi connectivity index (χ4n) is 2.29. The summed E-state index contributed by atoms with van der Waals surface area (Å²) in [5.41, 5.74) is 0.975. The smallest absolute Gasteiger partial charge is 0.166 e. The van der Waals surface area contributed by atoms with Crippen molar-refractivity contribution in [1.82, 2.24) is 0 Å². The number of rotatable bonds is 6. The van der Waals surface area contributed by atoms with Crippen molar-refractivity contribution < 1.29 is 8.95 Å². The highest BCUT2D eigenvalue weighted by atomic mass is 32.2. The number of epoxide rings is 1. The van der Waals surface area contributed by atoms with Gasteiger partial charge in [-0.05, 0) is 31.9 Å². The van der Waals surface area contributed by atoms with Gasteiger partial charge in [-0.3, -0.25) is 4.21 Å². The molecule has 1 fully saturated rings. The van der Waals surface area contributed by atoms with Crippen LogP contribution in [0, 0.1) is 6.92 Å². The first-order chi connectivity index (χ1) is 8.63. The minimum Gasteiger partial charge on any atom is -0.351 e. The van der Waals surface area contributed by atoms with Crippen molar-refractivity contribution in [3.05, 3.63) is 29.8 Å². The second-order valence-electron chi connectivity index (χ2n) is 5.08. The van der Waals surface area contributed by atoms with Crippen molar-refractivity contribution in [3.8, 4) is 0 Å². The molecule has 0 bridgehead atoms. The number of unbranched alkanes of at least 4 members (excludes halogenated alkanes) is 1. The molecule has 0 spiro atoms. The van der Waals surface area contributed by atoms with E-state index in [2.05, 4.69) is 13.8 Å². The number of aryl methyl sites for hydroxylation is 1. The third kappa shape index (κ3) is 2.67. The molecule has 0 unspecified atom stereocenters. The molecule has 1 aliphatic heterocycles. The molecule has 2 nitrogen and oxygen atoms in total. The molecule has 1 saturated heterocycles. The topological polar surface area (TPSA) is 29.6 Å². The van der Waals surface area contributed by atoms with E-state index in [9.17, 15) is 4.21 Å². The molecule has 18 heavy (non-hydrogen) atoms. The summed E-state index contributed by atoms with van der Waals surface area (Å²) in [7, 11) is -1.03. The molecule has 1 aromatic rings. The lowest BCUT2D eigenvalue weighted by Gasteiger charge is -2.09. The summed E-state index contributed by atoms with van der Waals surface area (Å²) in [5, 5.41) is 0. The Balaban J connectivity index is 2.05. The van der Waals surface area contributed by atoms with E-state index in [4.69, 9.17) is 4.74 Å². The molecule has 1 heterocycles. The van der Waals surface area contributed by atoms with Crippen LogP contribution in [0.3, 0.4) is 0 Å². The van der Waals surface area contributed by atoms with Crippen LogP contribution in [0.15, 0.2) is 29.2 Å². The lowest BCUT2D eigenvalue weighted by molar-refractivity contribution is 0.274. The molecule has 0 saturated carbocycles. The molecular formula is C15H22O2S. The van der Waals surface area contributed by atoms with Crippen LogP contribution in [0.4, 0.5) is 0 Å². The number of hydrogen-bond acceptors (Lipinski definition) is 2. The maximum atomic E-state index is 12.4. The molecule has 0 N–H and O–H groups in total. The van der Waals surface area contributed by atoms with E-state index in [1.165, 1.54) is 5.56 Å². The van der Waals surface area contributed by atoms with Crippen molar-refractivity contribution in [1.29, 1.82) is 0 Å². The average molecular weight is 266 g/mol. The van der Waals surface area contributed by atoms with Gasteiger partial charge in [-0.2, -0.15) is 0 Å². The normalized spacial score (nSPS) is 28.1. The predicted octanol–water partition coefficient (Wildman–Crippen LogP) is 3.80. The first kappa shape index (κ1) is 13.8. The fourth-order valence-corrected chi connectivity index (χ4v) is 3.90. The van der Waals surface area contributed by atoms with E-state index in [0.717, 1.165) is 30.6 Å². The summed E-state index contributed by atoms with van der Waals surface area (Å²) >= 11 is 0. The average Bonchev–Trinajstić information content (AvgIpc) is 3.12. The van der Waals surface area contributed by atoms with E-state index in [-0.39, 0.29) is 11.0 Å². The van der Waals surface area contributed by atoms with Crippen LogP contribution in [0.1, 0.15) is 45.1 Å². The third-order valence-electron chi connectivity index (χ3n) is 3.71. The van der Waals surface area contributed by atoms with Crippen molar-refractivity contribution >= 4 is 10.8 Å². The summed E-state index contributed by atoms with van der Waals surface area (Å²) in [6.45, 7) is 6.34. The number of benzene rings is 1. The molecule has 0 amide bonds. The van der Waals surface area contributed by atoms with E-state index >= 15 is 0 Å². The van der Waals surface area contributed by atoms with E-state index < -0.39 is 10.8 Å². The zero-order chi connectivity index (χ0) is 13.2. The fraction of sp³-hybridized carbons (Fsp3) is 0.600. The molecule has 2 rings (SSSR count). The van der Waals surface area contributed by atoms with Gasteiger partial charge in [0.15, 0.2) is 5.44 Å². The molecule has 0 aromatic heterocycles. The highest BCUT2D eigenvalue weighted by Gasteiger charge is 2.58. The minimum atomic E-state index is -1.03. The predicted molar refractivity (Wildman–Crippen MR) is 75.0 cm³/mol. The zero-order valence-electron chi connectivity index (χ0n) is 11.4. The molecule has 0 radical (unpaired) electrons. The number of ether oxygens (including phenoxy) is 1. The molecule has 3 atom stereocenters. The van der Waals surface area contributed by atoms with Crippen molar-refractivity contribution in [2.45, 2.75) is 62.4 Å². The second kappa shape index (κ2) is 5.54. The molecule has 1 aliphatic rings. The van der Waals surface area contributed by atoms with Crippen LogP contribution < -0.4 is 0 Å². The Hall–Kier alpha value is -0.670. The van der Waals surface area contributed by atoms with Crippen LogP contribution in [-0.4, -0.2) is 15.2 Å². The van der Waals surface area contributed by atoms with Crippen LogP contribution in [0.25, 0.3) is 0 Å². The largest absolute Gasteiger partial charge is 0.351 e. The summed E-state index contributed by atoms with van der Waals surface area (Å²) in [6, 6.07) is 7.92. The lowest BCUT2D eigenvalue weighted by Crippen LogP contribution is -2.17. The monoisotopic (exact) mass is 266 g/mol. The maximum Gasteiger partial charge on any atom is 0.166 e. The van der Waals surface area contributed by atoms with Crippen LogP contribution in [0.2, 0.25) is 0 Å². The lowest BCUT2D eigenvalue weighted by atomic mass is 10.0. The molecule has 100 valence electrons. The molecule has 3 heteroatoms. The summed E-state index contributed by atoms with van der Waals surface area (Å²) in [6.07, 6.45) is 4.29. The van der Waals surface area contributed by atoms with Crippen molar-refractivity contribution in [2.75, 3.05) is 0 Å². The van der Waals surface area contributed by atoms with Gasteiger partial charge in [-0.25, -0.2) is 0 Å². The van der Waals surface area contributed by atoms with Crippen molar-refractivity contribution in [2.24, 2.45) is 0 Å². The van der Waals surface area contributed by atoms with Crippen LogP contribution in [-0.2, 0) is 15.5 Å². The Morgan fingerprint density at radius 2 is 1.94 bits per heavy atom. The second-order valence-corrected chi connectivity index (χ2v) is 6.58. The Bertz CT molecular complexity index is 427. The standard InChI is InChI=1S/C15H22O2S/c1-4-6-11-15(5-2)14(17-15)18(16)13-9-7-12(3)8-10-13/h7-10,14H,4-6,11H2,1-3H3/t14-,15+,18+/m1/s1. The number of hydrogen-bond donors (Lipinski definition) is 0. The Morgan fingerprint density at radius 1 is 1.28 bits per heavy atom.